The lowest BCUT2D eigenvalue weighted by molar-refractivity contribution is -0.131. The van der Waals surface area contributed by atoms with Crippen molar-refractivity contribution in [2.45, 2.75) is 32.0 Å². The summed E-state index contributed by atoms with van der Waals surface area (Å²) in [7, 11) is 1.48. The Balaban J connectivity index is 1.66. The Morgan fingerprint density at radius 1 is 1.22 bits per heavy atom. The lowest BCUT2D eigenvalue weighted by atomic mass is 10.1. The van der Waals surface area contributed by atoms with Crippen molar-refractivity contribution in [3.63, 3.8) is 0 Å². The van der Waals surface area contributed by atoms with Crippen molar-refractivity contribution < 1.29 is 28.6 Å². The first-order valence-electron chi connectivity index (χ1n) is 11.3. The van der Waals surface area contributed by atoms with Crippen LogP contribution in [0.3, 0.4) is 0 Å². The molecule has 1 aliphatic heterocycles. The molecule has 3 N–H and O–H groups in total. The lowest BCUT2D eigenvalue weighted by Crippen LogP contribution is -2.41. The molecule has 2 heterocycles. The number of H-pyrrole nitrogens is 1. The first kappa shape index (κ1) is 25.8. The van der Waals surface area contributed by atoms with Crippen molar-refractivity contribution in [1.82, 2.24) is 20.2 Å². The monoisotopic (exact) mass is 560 g/mol. The Hall–Kier alpha value is -3.28. The fourth-order valence-electron chi connectivity index (χ4n) is 4.15. The highest BCUT2D eigenvalue weighted by Crippen LogP contribution is 2.35. The number of imidazole rings is 1. The number of urea groups is 1. The third kappa shape index (κ3) is 4.99. The molecule has 9 nitrogen and oxygen atoms in total. The molecule has 2 aromatic carbocycles. The molecule has 3 aromatic rings. The number of carbonyl (C=O) groups is 2. The Morgan fingerprint density at radius 3 is 2.58 bits per heavy atom. The van der Waals surface area contributed by atoms with Crippen LogP contribution in [0.5, 0.6) is 5.75 Å². The van der Waals surface area contributed by atoms with E-state index in [4.69, 9.17) is 14.6 Å². The van der Waals surface area contributed by atoms with Crippen LogP contribution >= 0.6 is 15.9 Å². The van der Waals surface area contributed by atoms with Crippen LogP contribution < -0.4 is 10.1 Å². The number of nitrogens with zero attached hydrogens (tertiary/aromatic N) is 2. The maximum atomic E-state index is 14.7. The van der Waals surface area contributed by atoms with Crippen LogP contribution in [0.4, 0.5) is 9.18 Å². The van der Waals surface area contributed by atoms with Crippen LogP contribution in [0.25, 0.3) is 11.3 Å². The average molecular weight is 561 g/mol. The second kappa shape index (κ2) is 10.8. The number of ether oxygens (including phenoxy) is 2. The van der Waals surface area contributed by atoms with Crippen LogP contribution in [-0.2, 0) is 9.53 Å². The van der Waals surface area contributed by atoms with Crippen molar-refractivity contribution >= 4 is 27.9 Å². The van der Waals surface area contributed by atoms with E-state index in [0.717, 1.165) is 4.90 Å². The summed E-state index contributed by atoms with van der Waals surface area (Å²) in [6.45, 7) is 3.51. The van der Waals surface area contributed by atoms with Gasteiger partial charge in [0.25, 0.3) is 5.91 Å². The largest absolute Gasteiger partial charge is 0.491 e. The van der Waals surface area contributed by atoms with Crippen LogP contribution in [0, 0.1) is 12.7 Å². The van der Waals surface area contributed by atoms with Gasteiger partial charge in [-0.3, -0.25) is 4.79 Å². The zero-order valence-electron chi connectivity index (χ0n) is 19.9. The second-order valence-electron chi connectivity index (χ2n) is 8.34. The zero-order valence-corrected chi connectivity index (χ0v) is 21.5. The predicted molar refractivity (Wildman–Crippen MR) is 133 cm³/mol. The van der Waals surface area contributed by atoms with Gasteiger partial charge >= 0.3 is 6.03 Å². The molecule has 4 rings (SSSR count). The third-order valence-corrected chi connectivity index (χ3v) is 6.50. The van der Waals surface area contributed by atoms with Gasteiger partial charge in [0.2, 0.25) is 0 Å². The molecule has 1 aromatic heterocycles. The van der Waals surface area contributed by atoms with E-state index in [1.807, 2.05) is 0 Å². The number of methoxy groups -OCH3 is 1. The van der Waals surface area contributed by atoms with Crippen LogP contribution in [0.2, 0.25) is 0 Å². The summed E-state index contributed by atoms with van der Waals surface area (Å²) in [5.74, 6) is -0.0890. The van der Waals surface area contributed by atoms with Gasteiger partial charge in [0.15, 0.2) is 0 Å². The standard InChI is InChI=1S/C25H26BrFN4O5/c1-13-20(18-9-6-16(26)12-19(18)27)29-23(28-13)22(14(2)35-3)31-24(33)21(30-25(31)34)15-4-7-17(8-5-15)36-11-10-32/h4-9,12,14,21-22,32H,10-11H2,1-3H3,(H,28,29)(H,30,34)/t14-,21-,22+/m1/s1. The van der Waals surface area contributed by atoms with Gasteiger partial charge in [-0.15, -0.1) is 0 Å². The molecule has 0 radical (unpaired) electrons. The SMILES string of the molecule is CO[C@H](C)[C@@H](c1nc(-c2ccc(Br)cc2F)c(C)[nH]1)N1C(=O)N[C@H](c2ccc(OCCO)cc2)C1=O. The minimum Gasteiger partial charge on any atom is -0.491 e. The van der Waals surface area contributed by atoms with Gasteiger partial charge in [0, 0.05) is 22.8 Å². The fourth-order valence-corrected chi connectivity index (χ4v) is 4.49. The highest BCUT2D eigenvalue weighted by Gasteiger charge is 2.46. The number of hydrogen-bond acceptors (Lipinski definition) is 6. The number of imide groups is 1. The highest BCUT2D eigenvalue weighted by molar-refractivity contribution is 9.10. The number of hydrogen-bond donors (Lipinski definition) is 3. The van der Waals surface area contributed by atoms with E-state index in [1.54, 1.807) is 50.2 Å². The van der Waals surface area contributed by atoms with Gasteiger partial charge in [0.1, 0.15) is 36.1 Å². The maximum Gasteiger partial charge on any atom is 0.325 e. The van der Waals surface area contributed by atoms with Gasteiger partial charge in [-0.25, -0.2) is 19.1 Å². The molecule has 0 saturated carbocycles. The number of rotatable bonds is 9. The van der Waals surface area contributed by atoms with Gasteiger partial charge in [-0.1, -0.05) is 28.1 Å². The Bertz CT molecular complexity index is 1270. The van der Waals surface area contributed by atoms with E-state index in [-0.39, 0.29) is 13.2 Å². The van der Waals surface area contributed by atoms with E-state index in [2.05, 4.69) is 31.2 Å². The molecule has 0 unspecified atom stereocenters. The van der Waals surface area contributed by atoms with Crippen molar-refractivity contribution in [3.05, 3.63) is 69.8 Å². The van der Waals surface area contributed by atoms with E-state index < -0.39 is 35.9 Å². The quantitative estimate of drug-likeness (QED) is 0.340. The van der Waals surface area contributed by atoms with Crippen LogP contribution in [0.1, 0.15) is 36.1 Å². The molecule has 0 aliphatic carbocycles. The summed E-state index contributed by atoms with van der Waals surface area (Å²) >= 11 is 3.25. The topological polar surface area (TPSA) is 117 Å². The van der Waals surface area contributed by atoms with E-state index >= 15 is 0 Å². The number of carbonyl (C=O) groups excluding carboxylic acids is 2. The number of amides is 3. The predicted octanol–water partition coefficient (Wildman–Crippen LogP) is 4.03. The number of halogens is 2. The number of aryl methyl sites for hydroxylation is 1. The first-order valence-corrected chi connectivity index (χ1v) is 12.1. The van der Waals surface area contributed by atoms with Crippen molar-refractivity contribution in [2.75, 3.05) is 20.3 Å². The molecule has 0 bridgehead atoms. The van der Waals surface area contributed by atoms with Crippen molar-refractivity contribution in [1.29, 1.82) is 0 Å². The number of aromatic nitrogens is 2. The molecule has 0 spiro atoms. The number of nitrogens with one attached hydrogen (secondary N) is 2. The number of aromatic amines is 1. The number of aliphatic hydroxyl groups is 1. The number of aliphatic hydroxyl groups excluding tert-OH is 1. The Kier molecular flexibility index (Phi) is 7.72. The fraction of sp³-hybridized carbons (Fsp3) is 0.320. The molecule has 11 heteroatoms. The second-order valence-corrected chi connectivity index (χ2v) is 9.25. The average Bonchev–Trinajstić information content (AvgIpc) is 3.37. The minimum atomic E-state index is -0.907. The molecule has 1 aliphatic rings. The molecule has 190 valence electrons. The normalized spacial score (nSPS) is 17.3. The molecule has 1 saturated heterocycles. The molecule has 1 fully saturated rings. The minimum absolute atomic E-state index is 0.116. The summed E-state index contributed by atoms with van der Waals surface area (Å²) in [4.78, 5) is 35.3. The van der Waals surface area contributed by atoms with Gasteiger partial charge in [-0.05, 0) is 49.7 Å². The molecule has 36 heavy (non-hydrogen) atoms. The summed E-state index contributed by atoms with van der Waals surface area (Å²) < 4.78 is 26.1. The molecule has 3 atom stereocenters. The van der Waals surface area contributed by atoms with Crippen molar-refractivity contribution in [3.8, 4) is 17.0 Å². The molecule has 3 amide bonds. The first-order chi connectivity index (χ1) is 17.2. The Morgan fingerprint density at radius 2 is 1.94 bits per heavy atom. The summed E-state index contributed by atoms with van der Waals surface area (Å²) in [6.07, 6.45) is -0.610. The zero-order chi connectivity index (χ0) is 26.0. The third-order valence-electron chi connectivity index (χ3n) is 6.01. The lowest BCUT2D eigenvalue weighted by Gasteiger charge is -2.28. The van der Waals surface area contributed by atoms with E-state index in [1.165, 1.54) is 13.2 Å². The smallest absolute Gasteiger partial charge is 0.325 e. The maximum absolute atomic E-state index is 14.7. The number of benzene rings is 2. The summed E-state index contributed by atoms with van der Waals surface area (Å²) in [5, 5.41) is 11.6. The summed E-state index contributed by atoms with van der Waals surface area (Å²) in [6, 6.07) is 8.97. The van der Waals surface area contributed by atoms with Gasteiger partial charge < -0.3 is 24.9 Å². The van der Waals surface area contributed by atoms with Gasteiger partial charge in [-0.2, -0.15) is 0 Å². The van der Waals surface area contributed by atoms with Crippen LogP contribution in [-0.4, -0.2) is 58.3 Å². The van der Waals surface area contributed by atoms with E-state index in [0.29, 0.717) is 38.6 Å². The van der Waals surface area contributed by atoms with Gasteiger partial charge in [0.05, 0.1) is 18.4 Å². The van der Waals surface area contributed by atoms with E-state index in [9.17, 15) is 14.0 Å². The molecular formula is C25H26BrFN4O5. The highest BCUT2D eigenvalue weighted by atomic mass is 79.9. The van der Waals surface area contributed by atoms with Crippen LogP contribution in [0.15, 0.2) is 46.9 Å². The van der Waals surface area contributed by atoms with Crippen molar-refractivity contribution in [2.24, 2.45) is 0 Å². The molecular weight excluding hydrogens is 535 g/mol. The Labute approximate surface area is 215 Å². The summed E-state index contributed by atoms with van der Waals surface area (Å²) in [5.41, 5.74) is 1.83.